The van der Waals surface area contributed by atoms with E-state index < -0.39 is 5.60 Å². The normalized spacial score (nSPS) is 18.5. The molecule has 0 radical (unpaired) electrons. The van der Waals surface area contributed by atoms with E-state index in [0.717, 1.165) is 43.6 Å². The van der Waals surface area contributed by atoms with Crippen LogP contribution in [0.3, 0.4) is 0 Å². The smallest absolute Gasteiger partial charge is 0.170 e. The fourth-order valence-corrected chi connectivity index (χ4v) is 3.06. The summed E-state index contributed by atoms with van der Waals surface area (Å²) in [5, 5.41) is 4.40. The van der Waals surface area contributed by atoms with Gasteiger partial charge >= 0.3 is 0 Å². The van der Waals surface area contributed by atoms with Crippen LogP contribution in [0.15, 0.2) is 6.07 Å². The maximum atomic E-state index is 12.6. The maximum absolute atomic E-state index is 12.6. The van der Waals surface area contributed by atoms with Crippen LogP contribution in [0.5, 0.6) is 0 Å². The van der Waals surface area contributed by atoms with Crippen LogP contribution in [0.4, 0.5) is 0 Å². The van der Waals surface area contributed by atoms with E-state index in [4.69, 9.17) is 4.74 Å². The van der Waals surface area contributed by atoms with Gasteiger partial charge in [0.2, 0.25) is 0 Å². The summed E-state index contributed by atoms with van der Waals surface area (Å²) >= 11 is 0. The highest BCUT2D eigenvalue weighted by atomic mass is 16.5. The van der Waals surface area contributed by atoms with E-state index in [-0.39, 0.29) is 5.78 Å². The van der Waals surface area contributed by atoms with Crippen molar-refractivity contribution in [3.8, 4) is 0 Å². The van der Waals surface area contributed by atoms with Gasteiger partial charge in [-0.3, -0.25) is 9.48 Å². The van der Waals surface area contributed by atoms with E-state index >= 15 is 0 Å². The highest BCUT2D eigenvalue weighted by Crippen LogP contribution is 2.32. The lowest BCUT2D eigenvalue weighted by Gasteiger charge is -2.34. The zero-order chi connectivity index (χ0) is 13.9. The first kappa shape index (κ1) is 14.3. The molecule has 1 saturated carbocycles. The van der Waals surface area contributed by atoms with Crippen molar-refractivity contribution in [2.24, 2.45) is 0 Å². The Morgan fingerprint density at radius 2 is 2.11 bits per heavy atom. The highest BCUT2D eigenvalue weighted by molar-refractivity contribution is 5.89. The largest absolute Gasteiger partial charge is 0.370 e. The molecule has 106 valence electrons. The molecule has 0 saturated heterocycles. The number of hydrogen-bond acceptors (Lipinski definition) is 3. The van der Waals surface area contributed by atoms with Gasteiger partial charge in [-0.15, -0.1) is 0 Å². The molecule has 1 heterocycles. The number of aryl methyl sites for hydroxylation is 2. The molecule has 0 aromatic carbocycles. The molecule has 0 aliphatic heterocycles. The minimum absolute atomic E-state index is 0.212. The Hall–Kier alpha value is -1.16. The fraction of sp³-hybridized carbons (Fsp3) is 0.733. The number of Topliss-reactive ketones (excluding diaryl/α,β-unsaturated/α-hetero) is 1. The van der Waals surface area contributed by atoms with Crippen molar-refractivity contribution in [1.29, 1.82) is 0 Å². The second kappa shape index (κ2) is 5.87. The van der Waals surface area contributed by atoms with Gasteiger partial charge in [-0.1, -0.05) is 19.3 Å². The fourth-order valence-electron chi connectivity index (χ4n) is 3.06. The van der Waals surface area contributed by atoms with Crippen molar-refractivity contribution in [1.82, 2.24) is 9.78 Å². The number of ether oxygens (including phenoxy) is 1. The second-order valence-corrected chi connectivity index (χ2v) is 5.45. The van der Waals surface area contributed by atoms with Gasteiger partial charge in [0.1, 0.15) is 5.60 Å². The Balaban J connectivity index is 2.14. The standard InChI is InChI=1S/C15H24N2O2/c1-4-17-13(10-12(2)16-17)11-14(18)15(19-3)8-6-5-7-9-15/h10H,4-9,11H2,1-3H3. The van der Waals surface area contributed by atoms with Crippen LogP contribution >= 0.6 is 0 Å². The zero-order valence-electron chi connectivity index (χ0n) is 12.2. The predicted molar refractivity (Wildman–Crippen MR) is 74.2 cm³/mol. The summed E-state index contributed by atoms with van der Waals surface area (Å²) in [5.74, 6) is 0.212. The van der Waals surface area contributed by atoms with Gasteiger partial charge in [0.05, 0.1) is 12.1 Å². The Bertz CT molecular complexity index is 445. The Labute approximate surface area is 115 Å². The number of ketones is 1. The van der Waals surface area contributed by atoms with Crippen molar-refractivity contribution < 1.29 is 9.53 Å². The average Bonchev–Trinajstić information content (AvgIpc) is 2.79. The van der Waals surface area contributed by atoms with E-state index in [1.54, 1.807) is 7.11 Å². The molecule has 1 aliphatic carbocycles. The summed E-state index contributed by atoms with van der Waals surface area (Å²) in [6.07, 6.45) is 5.55. The third kappa shape index (κ3) is 2.89. The molecule has 4 heteroatoms. The Morgan fingerprint density at radius 1 is 1.42 bits per heavy atom. The summed E-state index contributed by atoms with van der Waals surface area (Å²) < 4.78 is 7.53. The molecule has 0 atom stereocenters. The molecule has 1 aliphatic rings. The van der Waals surface area contributed by atoms with Gasteiger partial charge in [0, 0.05) is 19.3 Å². The molecule has 2 rings (SSSR count). The van der Waals surface area contributed by atoms with Crippen molar-refractivity contribution >= 4 is 5.78 Å². The van der Waals surface area contributed by atoms with Gasteiger partial charge in [0.15, 0.2) is 5.78 Å². The topological polar surface area (TPSA) is 44.1 Å². The third-order valence-corrected chi connectivity index (χ3v) is 4.19. The first-order valence-electron chi connectivity index (χ1n) is 7.23. The van der Waals surface area contributed by atoms with E-state index in [1.807, 2.05) is 24.6 Å². The number of rotatable bonds is 5. The van der Waals surface area contributed by atoms with Gasteiger partial charge in [-0.25, -0.2) is 0 Å². The molecule has 0 bridgehead atoms. The first-order valence-corrected chi connectivity index (χ1v) is 7.23. The number of hydrogen-bond donors (Lipinski definition) is 0. The number of aromatic nitrogens is 2. The summed E-state index contributed by atoms with van der Waals surface area (Å²) in [4.78, 5) is 12.6. The van der Waals surface area contributed by atoms with E-state index in [9.17, 15) is 4.79 Å². The molecule has 0 spiro atoms. The Morgan fingerprint density at radius 3 is 2.68 bits per heavy atom. The van der Waals surface area contributed by atoms with Gasteiger partial charge in [-0.2, -0.15) is 5.10 Å². The molecule has 1 aromatic heterocycles. The average molecular weight is 264 g/mol. The van der Waals surface area contributed by atoms with Crippen LogP contribution in [0.1, 0.15) is 50.4 Å². The predicted octanol–water partition coefficient (Wildman–Crippen LogP) is 2.67. The minimum atomic E-state index is -0.547. The molecule has 1 fully saturated rings. The van der Waals surface area contributed by atoms with Crippen LogP contribution in [0, 0.1) is 6.92 Å². The molecule has 0 N–H and O–H groups in total. The molecular formula is C15H24N2O2. The lowest BCUT2D eigenvalue weighted by Crippen LogP contribution is -2.43. The van der Waals surface area contributed by atoms with Crippen molar-refractivity contribution in [2.45, 2.75) is 64.5 Å². The van der Waals surface area contributed by atoms with E-state index in [2.05, 4.69) is 5.10 Å². The first-order chi connectivity index (χ1) is 9.11. The van der Waals surface area contributed by atoms with E-state index in [1.165, 1.54) is 6.42 Å². The zero-order valence-corrected chi connectivity index (χ0v) is 12.2. The van der Waals surface area contributed by atoms with Crippen LogP contribution in [0.2, 0.25) is 0 Å². The van der Waals surface area contributed by atoms with Crippen LogP contribution in [-0.4, -0.2) is 28.3 Å². The van der Waals surface area contributed by atoms with Gasteiger partial charge < -0.3 is 4.74 Å². The summed E-state index contributed by atoms with van der Waals surface area (Å²) in [6, 6.07) is 2.01. The van der Waals surface area contributed by atoms with Gasteiger partial charge in [-0.05, 0) is 32.8 Å². The number of nitrogens with zero attached hydrogens (tertiary/aromatic N) is 2. The molecule has 0 unspecified atom stereocenters. The SMILES string of the molecule is CCn1nc(C)cc1CC(=O)C1(OC)CCCCC1. The molecule has 1 aromatic rings. The van der Waals surface area contributed by atoms with Crippen LogP contribution in [-0.2, 0) is 22.5 Å². The number of methoxy groups -OCH3 is 1. The lowest BCUT2D eigenvalue weighted by atomic mass is 9.80. The number of carbonyl (C=O) groups excluding carboxylic acids is 1. The molecule has 0 amide bonds. The minimum Gasteiger partial charge on any atom is -0.370 e. The van der Waals surface area contributed by atoms with E-state index in [0.29, 0.717) is 6.42 Å². The Kier molecular flexibility index (Phi) is 4.40. The molecule has 19 heavy (non-hydrogen) atoms. The van der Waals surface area contributed by atoms with Crippen LogP contribution < -0.4 is 0 Å². The van der Waals surface area contributed by atoms with Crippen molar-refractivity contribution in [2.75, 3.05) is 7.11 Å². The maximum Gasteiger partial charge on any atom is 0.170 e. The monoisotopic (exact) mass is 264 g/mol. The number of carbonyl (C=O) groups is 1. The molecule has 4 nitrogen and oxygen atoms in total. The summed E-state index contributed by atoms with van der Waals surface area (Å²) in [7, 11) is 1.67. The summed E-state index contributed by atoms with van der Waals surface area (Å²) in [6.45, 7) is 4.82. The highest BCUT2D eigenvalue weighted by Gasteiger charge is 2.39. The van der Waals surface area contributed by atoms with Crippen LogP contribution in [0.25, 0.3) is 0 Å². The molecular weight excluding hydrogens is 240 g/mol. The summed E-state index contributed by atoms with van der Waals surface area (Å²) in [5.41, 5.74) is 1.43. The van der Waals surface area contributed by atoms with Crippen molar-refractivity contribution in [3.05, 3.63) is 17.5 Å². The lowest BCUT2D eigenvalue weighted by molar-refractivity contribution is -0.144. The van der Waals surface area contributed by atoms with Gasteiger partial charge in [0.25, 0.3) is 0 Å². The quantitative estimate of drug-likeness (QED) is 0.821. The third-order valence-electron chi connectivity index (χ3n) is 4.19. The second-order valence-electron chi connectivity index (χ2n) is 5.45. The van der Waals surface area contributed by atoms with Crippen molar-refractivity contribution in [3.63, 3.8) is 0 Å².